The number of halogens is 2. The standard InChI is InChI=1S/C35H37Cl2N3O5S2/c1-4-38-35(42)33(21-25-9-7-6-8-10-25)39(23-26-11-12-27(36)22-32(26)37)34(41)24-40(28-13-15-29(16-14-28)45-5-2)47(43,44)31-19-17-30(46-3)18-20-31/h6-20,22,33H,4-5,21,23-24H2,1-3H3,(H,38,42)/t33-/m1/s1. The maximum absolute atomic E-state index is 14.5. The summed E-state index contributed by atoms with van der Waals surface area (Å²) >= 11 is 14.2. The summed E-state index contributed by atoms with van der Waals surface area (Å²) in [5, 5.41) is 3.58. The van der Waals surface area contributed by atoms with E-state index in [9.17, 15) is 18.0 Å². The van der Waals surface area contributed by atoms with Crippen LogP contribution in [0.5, 0.6) is 5.75 Å². The minimum atomic E-state index is -4.24. The minimum Gasteiger partial charge on any atom is -0.494 e. The van der Waals surface area contributed by atoms with Gasteiger partial charge in [-0.3, -0.25) is 13.9 Å². The topological polar surface area (TPSA) is 96.0 Å². The molecule has 248 valence electrons. The minimum absolute atomic E-state index is 0.0221. The lowest BCUT2D eigenvalue weighted by Gasteiger charge is -2.34. The molecule has 0 aromatic heterocycles. The Hall–Kier alpha value is -3.70. The average molecular weight is 715 g/mol. The molecule has 0 saturated heterocycles. The summed E-state index contributed by atoms with van der Waals surface area (Å²) in [6.07, 6.45) is 2.09. The van der Waals surface area contributed by atoms with Gasteiger partial charge in [0.25, 0.3) is 10.0 Å². The second-order valence-corrected chi connectivity index (χ2v) is 14.1. The van der Waals surface area contributed by atoms with Crippen molar-refractivity contribution in [1.82, 2.24) is 10.2 Å². The van der Waals surface area contributed by atoms with E-state index in [1.54, 1.807) is 61.5 Å². The van der Waals surface area contributed by atoms with Crippen molar-refractivity contribution in [1.29, 1.82) is 0 Å². The number of carbonyl (C=O) groups excluding carboxylic acids is 2. The van der Waals surface area contributed by atoms with Crippen LogP contribution in [-0.2, 0) is 32.6 Å². The van der Waals surface area contributed by atoms with Crippen LogP contribution < -0.4 is 14.4 Å². The molecule has 12 heteroatoms. The zero-order valence-corrected chi connectivity index (χ0v) is 29.5. The monoisotopic (exact) mass is 713 g/mol. The van der Waals surface area contributed by atoms with Crippen molar-refractivity contribution in [2.75, 3.05) is 30.3 Å². The van der Waals surface area contributed by atoms with E-state index in [0.29, 0.717) is 34.5 Å². The lowest BCUT2D eigenvalue weighted by molar-refractivity contribution is -0.140. The second kappa shape index (κ2) is 16.9. The van der Waals surface area contributed by atoms with Crippen LogP contribution in [0, 0.1) is 0 Å². The van der Waals surface area contributed by atoms with Crippen molar-refractivity contribution in [3.63, 3.8) is 0 Å². The van der Waals surface area contributed by atoms with Gasteiger partial charge in [-0.2, -0.15) is 0 Å². The van der Waals surface area contributed by atoms with E-state index in [2.05, 4.69) is 5.32 Å². The number of amides is 2. The van der Waals surface area contributed by atoms with E-state index < -0.39 is 28.5 Å². The number of ether oxygens (including phenoxy) is 1. The molecule has 0 aliphatic carbocycles. The lowest BCUT2D eigenvalue weighted by atomic mass is 10.0. The molecule has 4 aromatic carbocycles. The maximum atomic E-state index is 14.5. The maximum Gasteiger partial charge on any atom is 0.264 e. The van der Waals surface area contributed by atoms with E-state index in [0.717, 1.165) is 14.8 Å². The summed E-state index contributed by atoms with van der Waals surface area (Å²) in [5.41, 5.74) is 1.64. The summed E-state index contributed by atoms with van der Waals surface area (Å²) in [6, 6.07) is 26.2. The van der Waals surface area contributed by atoms with Gasteiger partial charge in [0.15, 0.2) is 0 Å². The van der Waals surface area contributed by atoms with Gasteiger partial charge in [-0.25, -0.2) is 8.42 Å². The third-order valence-corrected chi connectivity index (χ3v) is 10.5. The molecular formula is C35H37Cl2N3O5S2. The van der Waals surface area contributed by atoms with Crippen LogP contribution in [0.1, 0.15) is 25.0 Å². The van der Waals surface area contributed by atoms with Crippen molar-refractivity contribution in [3.05, 3.63) is 118 Å². The molecule has 1 N–H and O–H groups in total. The van der Waals surface area contributed by atoms with Gasteiger partial charge in [-0.15, -0.1) is 11.8 Å². The number of thioether (sulfide) groups is 1. The summed E-state index contributed by atoms with van der Waals surface area (Å²) in [6.45, 7) is 3.77. The quantitative estimate of drug-likeness (QED) is 0.132. The molecule has 0 spiro atoms. The Morgan fingerprint density at radius 3 is 2.19 bits per heavy atom. The van der Waals surface area contributed by atoms with Gasteiger partial charge in [0, 0.05) is 34.5 Å². The third-order valence-electron chi connectivity index (χ3n) is 7.34. The number of hydrogen-bond acceptors (Lipinski definition) is 6. The molecule has 8 nitrogen and oxygen atoms in total. The van der Waals surface area contributed by atoms with Crippen molar-refractivity contribution >= 4 is 62.5 Å². The number of nitrogens with one attached hydrogen (secondary N) is 1. The fraction of sp³-hybridized carbons (Fsp3) is 0.257. The van der Waals surface area contributed by atoms with Crippen molar-refractivity contribution in [3.8, 4) is 5.75 Å². The Kier molecular flexibility index (Phi) is 13.0. The number of rotatable bonds is 15. The van der Waals surface area contributed by atoms with E-state index >= 15 is 0 Å². The molecule has 0 aliphatic heterocycles. The Morgan fingerprint density at radius 1 is 0.915 bits per heavy atom. The number of sulfonamides is 1. The van der Waals surface area contributed by atoms with Gasteiger partial charge in [-0.1, -0.05) is 59.6 Å². The van der Waals surface area contributed by atoms with Crippen LogP contribution in [0.4, 0.5) is 5.69 Å². The molecule has 0 saturated carbocycles. The Bertz CT molecular complexity index is 1760. The molecule has 0 radical (unpaired) electrons. The zero-order chi connectivity index (χ0) is 34.0. The molecule has 0 bridgehead atoms. The van der Waals surface area contributed by atoms with Gasteiger partial charge >= 0.3 is 0 Å². The molecule has 47 heavy (non-hydrogen) atoms. The fourth-order valence-corrected chi connectivity index (χ4v) is 7.25. The molecule has 2 amide bonds. The number of nitrogens with zero attached hydrogens (tertiary/aromatic N) is 2. The summed E-state index contributed by atoms with van der Waals surface area (Å²) in [7, 11) is -4.24. The number of likely N-dealkylation sites (N-methyl/N-ethyl adjacent to an activating group) is 1. The number of anilines is 1. The average Bonchev–Trinajstić information content (AvgIpc) is 3.07. The summed E-state index contributed by atoms with van der Waals surface area (Å²) in [4.78, 5) is 30.5. The molecule has 0 fully saturated rings. The van der Waals surface area contributed by atoms with Crippen LogP contribution in [0.2, 0.25) is 10.0 Å². The normalized spacial score (nSPS) is 11.9. The highest BCUT2D eigenvalue weighted by atomic mass is 35.5. The zero-order valence-electron chi connectivity index (χ0n) is 26.4. The van der Waals surface area contributed by atoms with Crippen LogP contribution in [0.15, 0.2) is 107 Å². The first kappa shape index (κ1) is 36.1. The van der Waals surface area contributed by atoms with Gasteiger partial charge in [-0.05, 0) is 91.9 Å². The van der Waals surface area contributed by atoms with Crippen molar-refractivity contribution in [2.24, 2.45) is 0 Å². The fourth-order valence-electron chi connectivity index (χ4n) is 4.96. The SMILES string of the molecule is CCNC(=O)[C@@H](Cc1ccccc1)N(Cc1ccc(Cl)cc1Cl)C(=O)CN(c1ccc(OCC)cc1)S(=O)(=O)c1ccc(SC)cc1. The Morgan fingerprint density at radius 2 is 1.60 bits per heavy atom. The smallest absolute Gasteiger partial charge is 0.264 e. The Balaban J connectivity index is 1.81. The number of benzene rings is 4. The Labute approximate surface area is 291 Å². The largest absolute Gasteiger partial charge is 0.494 e. The van der Waals surface area contributed by atoms with Crippen molar-refractivity contribution in [2.45, 2.75) is 42.6 Å². The molecule has 4 rings (SSSR count). The van der Waals surface area contributed by atoms with E-state index in [4.69, 9.17) is 27.9 Å². The third kappa shape index (κ3) is 9.44. The first-order chi connectivity index (χ1) is 22.6. The summed E-state index contributed by atoms with van der Waals surface area (Å²) < 4.78 is 35.1. The highest BCUT2D eigenvalue weighted by Gasteiger charge is 2.35. The highest BCUT2D eigenvalue weighted by Crippen LogP contribution is 2.29. The molecular weight excluding hydrogens is 677 g/mol. The van der Waals surface area contributed by atoms with Crippen LogP contribution in [0.25, 0.3) is 0 Å². The predicted octanol–water partition coefficient (Wildman–Crippen LogP) is 7.09. The second-order valence-electron chi connectivity index (χ2n) is 10.5. The predicted molar refractivity (Wildman–Crippen MR) is 190 cm³/mol. The van der Waals surface area contributed by atoms with E-state index in [1.165, 1.54) is 28.8 Å². The molecule has 0 heterocycles. The molecule has 0 aliphatic rings. The lowest BCUT2D eigenvalue weighted by Crippen LogP contribution is -2.53. The highest BCUT2D eigenvalue weighted by molar-refractivity contribution is 7.98. The first-order valence-electron chi connectivity index (χ1n) is 15.0. The van der Waals surface area contributed by atoms with Gasteiger partial charge in [0.1, 0.15) is 18.3 Å². The first-order valence-corrected chi connectivity index (χ1v) is 18.4. The van der Waals surface area contributed by atoms with Crippen LogP contribution in [0.3, 0.4) is 0 Å². The molecule has 0 unspecified atom stereocenters. The number of hydrogen-bond donors (Lipinski definition) is 1. The van der Waals surface area contributed by atoms with Gasteiger partial charge in [0.05, 0.1) is 17.2 Å². The number of carbonyl (C=O) groups is 2. The molecule has 4 aromatic rings. The van der Waals surface area contributed by atoms with Gasteiger partial charge < -0.3 is 15.0 Å². The summed E-state index contributed by atoms with van der Waals surface area (Å²) in [5.74, 6) is -0.415. The van der Waals surface area contributed by atoms with Gasteiger partial charge in [0.2, 0.25) is 11.8 Å². The van der Waals surface area contributed by atoms with Crippen LogP contribution >= 0.6 is 35.0 Å². The molecule has 1 atom stereocenters. The van der Waals surface area contributed by atoms with Crippen LogP contribution in [-0.4, -0.2) is 57.1 Å². The van der Waals surface area contributed by atoms with Crippen molar-refractivity contribution < 1.29 is 22.7 Å². The van der Waals surface area contributed by atoms with E-state index in [-0.39, 0.29) is 29.5 Å². The van der Waals surface area contributed by atoms with E-state index in [1.807, 2.05) is 43.5 Å².